The number of fused-ring (bicyclic) bond motifs is 1. The molecule has 0 bridgehead atoms. The zero-order chi connectivity index (χ0) is 21.1. The van der Waals surface area contributed by atoms with E-state index in [1.54, 1.807) is 23.1 Å². The highest BCUT2D eigenvalue weighted by Gasteiger charge is 2.31. The van der Waals surface area contributed by atoms with Gasteiger partial charge in [-0.15, -0.1) is 0 Å². The van der Waals surface area contributed by atoms with Crippen molar-refractivity contribution in [3.05, 3.63) is 59.9 Å². The van der Waals surface area contributed by atoms with Crippen molar-refractivity contribution in [2.45, 2.75) is 25.5 Å². The Kier molecular flexibility index (Phi) is 5.65. The number of methoxy groups -OCH3 is 1. The third kappa shape index (κ3) is 4.12. The first-order chi connectivity index (χ1) is 14.5. The average Bonchev–Trinajstić information content (AvgIpc) is 3.39. The molecule has 1 amide bonds. The van der Waals surface area contributed by atoms with Crippen LogP contribution in [0.25, 0.3) is 17.1 Å². The van der Waals surface area contributed by atoms with Crippen molar-refractivity contribution in [2.75, 3.05) is 13.7 Å². The van der Waals surface area contributed by atoms with Crippen LogP contribution in [0.4, 0.5) is 8.78 Å². The predicted molar refractivity (Wildman–Crippen MR) is 108 cm³/mol. The van der Waals surface area contributed by atoms with Gasteiger partial charge in [0.2, 0.25) is 5.91 Å². The van der Waals surface area contributed by atoms with Crippen molar-refractivity contribution in [1.82, 2.24) is 14.9 Å². The van der Waals surface area contributed by atoms with E-state index in [-0.39, 0.29) is 23.4 Å². The Morgan fingerprint density at radius 2 is 2.10 bits per heavy atom. The first-order valence-corrected chi connectivity index (χ1v) is 9.61. The number of H-pyrrole nitrogens is 1. The summed E-state index contributed by atoms with van der Waals surface area (Å²) in [5, 5.41) is 0. The smallest absolute Gasteiger partial charge is 0.387 e. The van der Waals surface area contributed by atoms with Gasteiger partial charge in [-0.1, -0.05) is 18.2 Å². The number of para-hydroxylation sites is 2. The molecule has 1 N–H and O–H groups in total. The third-order valence-corrected chi connectivity index (χ3v) is 5.08. The molecule has 1 unspecified atom stereocenters. The molecule has 0 spiro atoms. The van der Waals surface area contributed by atoms with Crippen molar-refractivity contribution < 1.29 is 23.0 Å². The largest absolute Gasteiger partial charge is 0.493 e. The topological polar surface area (TPSA) is 67.5 Å². The molecule has 0 aliphatic carbocycles. The number of imidazole rings is 1. The van der Waals surface area contributed by atoms with Crippen molar-refractivity contribution >= 4 is 23.0 Å². The molecule has 8 heteroatoms. The van der Waals surface area contributed by atoms with Crippen LogP contribution >= 0.6 is 0 Å². The lowest BCUT2D eigenvalue weighted by molar-refractivity contribution is -0.127. The van der Waals surface area contributed by atoms with Crippen LogP contribution < -0.4 is 9.47 Å². The Morgan fingerprint density at radius 3 is 2.87 bits per heavy atom. The summed E-state index contributed by atoms with van der Waals surface area (Å²) in [5.74, 6) is 0.766. The SMILES string of the molecule is COc1cc(C=CC(=O)N2CCCC2c2nc3ccccc3[nH]2)ccc1OC(F)F. The molecule has 2 heterocycles. The molecular formula is C22H21F2N3O3. The summed E-state index contributed by atoms with van der Waals surface area (Å²) in [6.45, 7) is -2.29. The van der Waals surface area contributed by atoms with Gasteiger partial charge in [-0.25, -0.2) is 4.98 Å². The van der Waals surface area contributed by atoms with E-state index in [0.717, 1.165) is 29.7 Å². The first-order valence-electron chi connectivity index (χ1n) is 9.61. The molecule has 1 aliphatic heterocycles. The minimum absolute atomic E-state index is 0.0551. The number of carbonyl (C=O) groups is 1. The van der Waals surface area contributed by atoms with Gasteiger partial charge in [0.25, 0.3) is 0 Å². The molecule has 0 radical (unpaired) electrons. The Balaban J connectivity index is 1.50. The highest BCUT2D eigenvalue weighted by atomic mass is 19.3. The van der Waals surface area contributed by atoms with Crippen LogP contribution in [-0.4, -0.2) is 41.0 Å². The number of amides is 1. The summed E-state index contributed by atoms with van der Waals surface area (Å²) < 4.78 is 34.4. The lowest BCUT2D eigenvalue weighted by Crippen LogP contribution is -2.29. The summed E-state index contributed by atoms with van der Waals surface area (Å²) in [5.41, 5.74) is 2.46. The lowest BCUT2D eigenvalue weighted by atomic mass is 10.1. The molecule has 3 aromatic rings. The summed E-state index contributed by atoms with van der Waals surface area (Å²) in [6, 6.07) is 12.2. The van der Waals surface area contributed by atoms with Crippen molar-refractivity contribution in [2.24, 2.45) is 0 Å². The normalized spacial score (nSPS) is 16.7. The Bertz CT molecular complexity index is 1050. The van der Waals surface area contributed by atoms with Crippen molar-refractivity contribution in [1.29, 1.82) is 0 Å². The molecule has 1 fully saturated rings. The number of likely N-dealkylation sites (tertiary alicyclic amines) is 1. The van der Waals surface area contributed by atoms with Gasteiger partial charge in [-0.3, -0.25) is 4.79 Å². The van der Waals surface area contributed by atoms with Gasteiger partial charge in [-0.2, -0.15) is 8.78 Å². The van der Waals surface area contributed by atoms with Crippen LogP contribution in [0.15, 0.2) is 48.5 Å². The van der Waals surface area contributed by atoms with E-state index in [2.05, 4.69) is 14.7 Å². The summed E-state index contributed by atoms with van der Waals surface area (Å²) in [6.07, 6.45) is 4.84. The van der Waals surface area contributed by atoms with Gasteiger partial charge in [0, 0.05) is 12.6 Å². The number of nitrogens with one attached hydrogen (secondary N) is 1. The number of rotatable bonds is 6. The zero-order valence-electron chi connectivity index (χ0n) is 16.3. The number of carbonyl (C=O) groups excluding carboxylic acids is 1. The van der Waals surface area contributed by atoms with Crippen LogP contribution in [-0.2, 0) is 4.79 Å². The molecule has 4 rings (SSSR count). The molecule has 6 nitrogen and oxygen atoms in total. The molecular weight excluding hydrogens is 392 g/mol. The van der Waals surface area contributed by atoms with Crippen LogP contribution in [0.2, 0.25) is 0 Å². The highest BCUT2D eigenvalue weighted by molar-refractivity contribution is 5.92. The second-order valence-electron chi connectivity index (χ2n) is 6.95. The number of halogens is 2. The Hall–Kier alpha value is -3.42. The second kappa shape index (κ2) is 8.52. The minimum atomic E-state index is -2.94. The maximum Gasteiger partial charge on any atom is 0.387 e. The number of hydrogen-bond acceptors (Lipinski definition) is 4. The number of aromatic nitrogens is 2. The van der Waals surface area contributed by atoms with E-state index < -0.39 is 6.61 Å². The lowest BCUT2D eigenvalue weighted by Gasteiger charge is -2.21. The van der Waals surface area contributed by atoms with E-state index in [4.69, 9.17) is 4.74 Å². The molecule has 1 atom stereocenters. The van der Waals surface area contributed by atoms with Crippen LogP contribution in [0.5, 0.6) is 11.5 Å². The third-order valence-electron chi connectivity index (χ3n) is 5.08. The summed E-state index contributed by atoms with van der Waals surface area (Å²) >= 11 is 0. The fourth-order valence-corrected chi connectivity index (χ4v) is 3.69. The van der Waals surface area contributed by atoms with Gasteiger partial charge in [0.1, 0.15) is 5.82 Å². The summed E-state index contributed by atoms with van der Waals surface area (Å²) in [7, 11) is 1.37. The van der Waals surface area contributed by atoms with Gasteiger partial charge in [0.05, 0.1) is 24.2 Å². The van der Waals surface area contributed by atoms with E-state index in [9.17, 15) is 13.6 Å². The minimum Gasteiger partial charge on any atom is -0.493 e. The van der Waals surface area contributed by atoms with Gasteiger partial charge in [-0.05, 0) is 48.7 Å². The second-order valence-corrected chi connectivity index (χ2v) is 6.95. The van der Waals surface area contributed by atoms with E-state index in [0.29, 0.717) is 12.1 Å². The number of alkyl halides is 2. The fraction of sp³-hybridized carbons (Fsp3) is 0.273. The fourth-order valence-electron chi connectivity index (χ4n) is 3.69. The number of aromatic amines is 1. The average molecular weight is 413 g/mol. The summed E-state index contributed by atoms with van der Waals surface area (Å²) in [4.78, 5) is 22.6. The van der Waals surface area contributed by atoms with Crippen LogP contribution in [0, 0.1) is 0 Å². The van der Waals surface area contributed by atoms with Gasteiger partial charge in [0.15, 0.2) is 11.5 Å². The molecule has 156 valence electrons. The molecule has 1 saturated heterocycles. The monoisotopic (exact) mass is 413 g/mol. The molecule has 2 aromatic carbocycles. The molecule has 30 heavy (non-hydrogen) atoms. The number of ether oxygens (including phenoxy) is 2. The molecule has 0 saturated carbocycles. The number of benzene rings is 2. The first kappa shape index (κ1) is 19.9. The maximum atomic E-state index is 12.8. The quantitative estimate of drug-likeness (QED) is 0.602. The predicted octanol–water partition coefficient (Wildman–Crippen LogP) is 4.55. The van der Waals surface area contributed by atoms with Gasteiger partial charge >= 0.3 is 6.61 Å². The number of hydrogen-bond donors (Lipinski definition) is 1. The van der Waals surface area contributed by atoms with E-state index in [1.165, 1.54) is 19.3 Å². The molecule has 1 aliphatic rings. The van der Waals surface area contributed by atoms with Crippen molar-refractivity contribution in [3.8, 4) is 11.5 Å². The zero-order valence-corrected chi connectivity index (χ0v) is 16.3. The Labute approximate surface area is 172 Å². The van der Waals surface area contributed by atoms with Crippen molar-refractivity contribution in [3.63, 3.8) is 0 Å². The van der Waals surface area contributed by atoms with E-state index in [1.807, 2.05) is 24.3 Å². The molecule has 1 aromatic heterocycles. The standard InChI is InChI=1S/C22H21F2N3O3/c1-29-19-13-14(8-10-18(19)30-22(23)24)9-11-20(28)27-12-4-7-17(27)21-25-15-5-2-3-6-16(15)26-21/h2-3,5-6,8-11,13,17,22H,4,7,12H2,1H3,(H,25,26). The van der Waals surface area contributed by atoms with E-state index >= 15 is 0 Å². The highest BCUT2D eigenvalue weighted by Crippen LogP contribution is 2.32. The van der Waals surface area contributed by atoms with Crippen LogP contribution in [0.1, 0.15) is 30.3 Å². The maximum absolute atomic E-state index is 12.8. The van der Waals surface area contributed by atoms with Crippen LogP contribution in [0.3, 0.4) is 0 Å². The Morgan fingerprint density at radius 1 is 1.27 bits per heavy atom. The van der Waals surface area contributed by atoms with Gasteiger partial charge < -0.3 is 19.4 Å². The number of nitrogens with zero attached hydrogens (tertiary/aromatic N) is 2.